The zero-order chi connectivity index (χ0) is 15.0. The SMILES string of the molecule is CCNc1nc(-c2ccc(C)c(Cl)c2)nc(C2CC2)c1Br. The van der Waals surface area contributed by atoms with Crippen LogP contribution in [0.25, 0.3) is 11.4 Å². The minimum absolute atomic E-state index is 0.555. The summed E-state index contributed by atoms with van der Waals surface area (Å²) < 4.78 is 0.994. The molecule has 110 valence electrons. The summed E-state index contributed by atoms with van der Waals surface area (Å²) >= 11 is 9.87. The van der Waals surface area contributed by atoms with Crippen molar-refractivity contribution in [2.45, 2.75) is 32.6 Å². The molecule has 1 fully saturated rings. The van der Waals surface area contributed by atoms with Crippen molar-refractivity contribution in [1.29, 1.82) is 0 Å². The highest BCUT2D eigenvalue weighted by Gasteiger charge is 2.29. The Hall–Kier alpha value is -1.13. The van der Waals surface area contributed by atoms with E-state index in [1.807, 2.05) is 25.1 Å². The molecule has 2 aromatic rings. The molecule has 5 heteroatoms. The van der Waals surface area contributed by atoms with E-state index in [-0.39, 0.29) is 0 Å². The minimum atomic E-state index is 0.555. The highest BCUT2D eigenvalue weighted by molar-refractivity contribution is 9.10. The summed E-state index contributed by atoms with van der Waals surface area (Å²) in [5, 5.41) is 4.05. The molecule has 1 saturated carbocycles. The van der Waals surface area contributed by atoms with Gasteiger partial charge in [0.05, 0.1) is 10.2 Å². The van der Waals surface area contributed by atoms with Gasteiger partial charge in [0.25, 0.3) is 0 Å². The van der Waals surface area contributed by atoms with Crippen LogP contribution in [-0.2, 0) is 0 Å². The van der Waals surface area contributed by atoms with Crippen molar-refractivity contribution < 1.29 is 0 Å². The van der Waals surface area contributed by atoms with E-state index in [1.54, 1.807) is 0 Å². The Morgan fingerprint density at radius 2 is 2.10 bits per heavy atom. The van der Waals surface area contributed by atoms with Crippen molar-refractivity contribution in [1.82, 2.24) is 9.97 Å². The van der Waals surface area contributed by atoms with Gasteiger partial charge in [-0.25, -0.2) is 9.97 Å². The van der Waals surface area contributed by atoms with Gasteiger partial charge in [0.2, 0.25) is 0 Å². The van der Waals surface area contributed by atoms with Crippen molar-refractivity contribution in [3.8, 4) is 11.4 Å². The number of rotatable bonds is 4. The van der Waals surface area contributed by atoms with Crippen LogP contribution < -0.4 is 5.32 Å². The van der Waals surface area contributed by atoms with E-state index < -0.39 is 0 Å². The molecular formula is C16H17BrClN3. The van der Waals surface area contributed by atoms with Gasteiger partial charge < -0.3 is 5.32 Å². The molecule has 1 aliphatic rings. The smallest absolute Gasteiger partial charge is 0.161 e. The van der Waals surface area contributed by atoms with Crippen LogP contribution in [0.4, 0.5) is 5.82 Å². The van der Waals surface area contributed by atoms with E-state index in [4.69, 9.17) is 16.6 Å². The predicted octanol–water partition coefficient (Wildman–Crippen LogP) is 5.18. The molecule has 0 radical (unpaired) electrons. The van der Waals surface area contributed by atoms with Crippen molar-refractivity contribution in [3.63, 3.8) is 0 Å². The van der Waals surface area contributed by atoms with Crippen molar-refractivity contribution in [3.05, 3.63) is 39.0 Å². The molecule has 0 saturated heterocycles. The largest absolute Gasteiger partial charge is 0.369 e. The van der Waals surface area contributed by atoms with Crippen LogP contribution in [0, 0.1) is 6.92 Å². The molecule has 3 nitrogen and oxygen atoms in total. The second-order valence-electron chi connectivity index (χ2n) is 5.36. The van der Waals surface area contributed by atoms with Gasteiger partial charge >= 0.3 is 0 Å². The maximum atomic E-state index is 6.23. The first-order valence-electron chi connectivity index (χ1n) is 7.18. The topological polar surface area (TPSA) is 37.8 Å². The Balaban J connectivity index is 2.10. The van der Waals surface area contributed by atoms with Gasteiger partial charge in [0.15, 0.2) is 5.82 Å². The van der Waals surface area contributed by atoms with Gasteiger partial charge in [0.1, 0.15) is 5.82 Å². The van der Waals surface area contributed by atoms with Crippen LogP contribution in [0.2, 0.25) is 5.02 Å². The maximum Gasteiger partial charge on any atom is 0.161 e. The number of halogens is 2. The first-order chi connectivity index (χ1) is 10.1. The average molecular weight is 367 g/mol. The summed E-state index contributed by atoms with van der Waals surface area (Å²) in [6.45, 7) is 4.88. The van der Waals surface area contributed by atoms with Crippen LogP contribution >= 0.6 is 27.5 Å². The highest BCUT2D eigenvalue weighted by atomic mass is 79.9. The molecule has 1 heterocycles. The lowest BCUT2D eigenvalue weighted by Crippen LogP contribution is -2.05. The van der Waals surface area contributed by atoms with Crippen LogP contribution in [-0.4, -0.2) is 16.5 Å². The summed E-state index contributed by atoms with van der Waals surface area (Å²) in [5.74, 6) is 2.15. The lowest BCUT2D eigenvalue weighted by Gasteiger charge is -2.12. The summed E-state index contributed by atoms with van der Waals surface area (Å²) in [4.78, 5) is 9.41. The summed E-state index contributed by atoms with van der Waals surface area (Å²) in [6.07, 6.45) is 2.41. The monoisotopic (exact) mass is 365 g/mol. The Labute approximate surface area is 138 Å². The molecule has 1 N–H and O–H groups in total. The molecular weight excluding hydrogens is 350 g/mol. The number of anilines is 1. The fourth-order valence-electron chi connectivity index (χ4n) is 2.24. The van der Waals surface area contributed by atoms with Gasteiger partial charge in [0, 0.05) is 23.0 Å². The van der Waals surface area contributed by atoms with Gasteiger partial charge in [-0.1, -0.05) is 23.7 Å². The fourth-order valence-corrected chi connectivity index (χ4v) is 3.06. The lowest BCUT2D eigenvalue weighted by atomic mass is 10.1. The molecule has 1 aliphatic carbocycles. The van der Waals surface area contributed by atoms with Gasteiger partial charge in [-0.3, -0.25) is 0 Å². The Morgan fingerprint density at radius 3 is 2.71 bits per heavy atom. The third kappa shape index (κ3) is 3.06. The van der Waals surface area contributed by atoms with E-state index >= 15 is 0 Å². The fraction of sp³-hybridized carbons (Fsp3) is 0.375. The van der Waals surface area contributed by atoms with Gasteiger partial charge in [-0.15, -0.1) is 0 Å². The second kappa shape index (κ2) is 5.93. The molecule has 3 rings (SSSR count). The maximum absolute atomic E-state index is 6.23. The highest BCUT2D eigenvalue weighted by Crippen LogP contribution is 2.44. The number of benzene rings is 1. The number of hydrogen-bond donors (Lipinski definition) is 1. The predicted molar refractivity (Wildman–Crippen MR) is 91.1 cm³/mol. The van der Waals surface area contributed by atoms with E-state index in [1.165, 1.54) is 12.8 Å². The molecule has 0 bridgehead atoms. The summed E-state index contributed by atoms with van der Waals surface area (Å²) in [5.41, 5.74) is 3.12. The normalized spacial score (nSPS) is 14.3. The molecule has 21 heavy (non-hydrogen) atoms. The number of hydrogen-bond acceptors (Lipinski definition) is 3. The number of aromatic nitrogens is 2. The van der Waals surface area contributed by atoms with Crippen molar-refractivity contribution in [2.24, 2.45) is 0 Å². The Kier molecular flexibility index (Phi) is 4.18. The Morgan fingerprint density at radius 1 is 1.33 bits per heavy atom. The second-order valence-corrected chi connectivity index (χ2v) is 6.56. The van der Waals surface area contributed by atoms with Crippen LogP contribution in [0.5, 0.6) is 0 Å². The van der Waals surface area contributed by atoms with E-state index in [0.717, 1.165) is 44.5 Å². The molecule has 1 aromatic carbocycles. The van der Waals surface area contributed by atoms with Crippen molar-refractivity contribution >= 4 is 33.3 Å². The molecule has 1 aromatic heterocycles. The van der Waals surface area contributed by atoms with Crippen molar-refractivity contribution in [2.75, 3.05) is 11.9 Å². The van der Waals surface area contributed by atoms with E-state index in [0.29, 0.717) is 5.92 Å². The van der Waals surface area contributed by atoms with Crippen LogP contribution in [0.1, 0.15) is 36.9 Å². The standard InChI is InChI=1S/C16H17BrClN3/c1-3-19-16-13(17)14(10-6-7-10)20-15(21-16)11-5-4-9(2)12(18)8-11/h4-5,8,10H,3,6-7H2,1-2H3,(H,19,20,21). The molecule has 0 aliphatic heterocycles. The van der Waals surface area contributed by atoms with Gasteiger partial charge in [-0.05, 0) is 54.2 Å². The molecule has 0 unspecified atom stereocenters. The zero-order valence-corrected chi connectivity index (χ0v) is 14.4. The number of aryl methyl sites for hydroxylation is 1. The van der Waals surface area contributed by atoms with Crippen LogP contribution in [0.15, 0.2) is 22.7 Å². The summed E-state index contributed by atoms with van der Waals surface area (Å²) in [6, 6.07) is 5.97. The third-order valence-electron chi connectivity index (χ3n) is 3.62. The summed E-state index contributed by atoms with van der Waals surface area (Å²) in [7, 11) is 0. The lowest BCUT2D eigenvalue weighted by molar-refractivity contribution is 0.974. The van der Waals surface area contributed by atoms with Crippen LogP contribution in [0.3, 0.4) is 0 Å². The molecule has 0 atom stereocenters. The Bertz CT molecular complexity index is 683. The first-order valence-corrected chi connectivity index (χ1v) is 8.35. The quantitative estimate of drug-likeness (QED) is 0.810. The first kappa shape index (κ1) is 14.8. The number of nitrogens with zero attached hydrogens (tertiary/aromatic N) is 2. The van der Waals surface area contributed by atoms with Gasteiger partial charge in [-0.2, -0.15) is 0 Å². The number of nitrogens with one attached hydrogen (secondary N) is 1. The van der Waals surface area contributed by atoms with E-state index in [9.17, 15) is 0 Å². The minimum Gasteiger partial charge on any atom is -0.369 e. The molecule has 0 spiro atoms. The third-order valence-corrected chi connectivity index (χ3v) is 4.80. The zero-order valence-electron chi connectivity index (χ0n) is 12.1. The van der Waals surface area contributed by atoms with E-state index in [2.05, 4.69) is 33.2 Å². The average Bonchev–Trinajstić information content (AvgIpc) is 3.29. The molecule has 0 amide bonds.